The van der Waals surface area contributed by atoms with Crippen LogP contribution in [0.15, 0.2) is 41.6 Å². The molecule has 0 fully saturated rings. The van der Waals surface area contributed by atoms with Crippen LogP contribution in [0.1, 0.15) is 18.8 Å². The highest BCUT2D eigenvalue weighted by Crippen LogP contribution is 2.17. The van der Waals surface area contributed by atoms with Crippen LogP contribution in [0.3, 0.4) is 0 Å². The summed E-state index contributed by atoms with van der Waals surface area (Å²) in [5, 5.41) is 0.378. The van der Waals surface area contributed by atoms with Gasteiger partial charge in [-0.2, -0.15) is 0 Å². The van der Waals surface area contributed by atoms with Crippen LogP contribution in [0.25, 0.3) is 0 Å². The molecule has 7 heteroatoms. The minimum atomic E-state index is -3.60. The third-order valence-corrected chi connectivity index (χ3v) is 4.14. The number of hydrogen-bond acceptors (Lipinski definition) is 3. The third kappa shape index (κ3) is 2.90. The van der Waals surface area contributed by atoms with Crippen molar-refractivity contribution >= 4 is 21.6 Å². The lowest BCUT2D eigenvalue weighted by Gasteiger charge is -2.12. The lowest BCUT2D eigenvalue weighted by atomic mass is 10.3. The summed E-state index contributed by atoms with van der Waals surface area (Å²) in [4.78, 5) is 6.99. The van der Waals surface area contributed by atoms with Crippen LogP contribution in [-0.2, 0) is 10.0 Å². The van der Waals surface area contributed by atoms with Crippen LogP contribution >= 0.6 is 11.6 Å². The molecule has 5 nitrogen and oxygen atoms in total. The molecule has 0 saturated heterocycles. The highest BCUT2D eigenvalue weighted by Gasteiger charge is 2.19. The van der Waals surface area contributed by atoms with Crippen molar-refractivity contribution in [1.29, 1.82) is 0 Å². The number of imidazole rings is 1. The van der Waals surface area contributed by atoms with Crippen molar-refractivity contribution in [3.05, 3.63) is 47.5 Å². The fourth-order valence-electron chi connectivity index (χ4n) is 1.51. The lowest BCUT2D eigenvalue weighted by Crippen LogP contribution is -2.27. The number of hydrogen-bond donors (Lipinski definition) is 2. The van der Waals surface area contributed by atoms with Crippen molar-refractivity contribution in [3.8, 4) is 0 Å². The SMILES string of the molecule is CC(NS(=O)(=O)c1cccc(Cl)c1)c1ncc[nH]1. The number of nitrogens with zero attached hydrogens (tertiary/aromatic N) is 1. The molecule has 1 aromatic heterocycles. The second-order valence-corrected chi connectivity index (χ2v) is 5.93. The first-order chi connectivity index (χ1) is 8.49. The minimum Gasteiger partial charge on any atom is -0.347 e. The predicted molar refractivity (Wildman–Crippen MR) is 68.8 cm³/mol. The monoisotopic (exact) mass is 285 g/mol. The van der Waals surface area contributed by atoms with Crippen molar-refractivity contribution in [1.82, 2.24) is 14.7 Å². The van der Waals surface area contributed by atoms with Gasteiger partial charge in [-0.1, -0.05) is 17.7 Å². The second kappa shape index (κ2) is 5.09. The Labute approximate surface area is 110 Å². The zero-order valence-electron chi connectivity index (χ0n) is 9.59. The molecule has 1 heterocycles. The van der Waals surface area contributed by atoms with Gasteiger partial charge in [-0.25, -0.2) is 18.1 Å². The Kier molecular flexibility index (Phi) is 3.70. The van der Waals surface area contributed by atoms with Crippen molar-refractivity contribution in [2.24, 2.45) is 0 Å². The first kappa shape index (κ1) is 13.1. The van der Waals surface area contributed by atoms with E-state index in [-0.39, 0.29) is 4.90 Å². The van der Waals surface area contributed by atoms with Crippen LogP contribution in [0, 0.1) is 0 Å². The Hall–Kier alpha value is -1.37. The highest BCUT2D eigenvalue weighted by atomic mass is 35.5. The molecular weight excluding hydrogens is 274 g/mol. The maximum absolute atomic E-state index is 12.1. The first-order valence-corrected chi connectivity index (χ1v) is 7.12. The molecule has 0 aliphatic heterocycles. The number of H-pyrrole nitrogens is 1. The van der Waals surface area contributed by atoms with Gasteiger partial charge >= 0.3 is 0 Å². The molecule has 2 N–H and O–H groups in total. The maximum atomic E-state index is 12.1. The lowest BCUT2D eigenvalue weighted by molar-refractivity contribution is 0.561. The molecule has 0 radical (unpaired) electrons. The Bertz CT molecular complexity index is 625. The van der Waals surface area contributed by atoms with E-state index in [2.05, 4.69) is 14.7 Å². The van der Waals surface area contributed by atoms with Gasteiger partial charge in [0.25, 0.3) is 0 Å². The molecule has 96 valence electrons. The molecule has 2 rings (SSSR count). The van der Waals surface area contributed by atoms with E-state index < -0.39 is 16.1 Å². The fraction of sp³-hybridized carbons (Fsp3) is 0.182. The molecule has 1 unspecified atom stereocenters. The van der Waals surface area contributed by atoms with Crippen molar-refractivity contribution in [2.45, 2.75) is 17.9 Å². The standard InChI is InChI=1S/C11H12ClN3O2S/c1-8(11-13-5-6-14-11)15-18(16,17)10-4-2-3-9(12)7-10/h2-8,15H,1H3,(H,13,14). The summed E-state index contributed by atoms with van der Waals surface area (Å²) < 4.78 is 26.7. The molecule has 0 saturated carbocycles. The summed E-state index contributed by atoms with van der Waals surface area (Å²) in [7, 11) is -3.60. The average molecular weight is 286 g/mol. The number of benzene rings is 1. The summed E-state index contributed by atoms with van der Waals surface area (Å²) in [6.07, 6.45) is 3.21. The number of halogens is 1. The number of sulfonamides is 1. The van der Waals surface area contributed by atoms with Gasteiger partial charge in [0.2, 0.25) is 10.0 Å². The van der Waals surface area contributed by atoms with E-state index >= 15 is 0 Å². The van der Waals surface area contributed by atoms with E-state index in [0.717, 1.165) is 0 Å². The molecular formula is C11H12ClN3O2S. The number of rotatable bonds is 4. The van der Waals surface area contributed by atoms with E-state index in [1.807, 2.05) is 0 Å². The van der Waals surface area contributed by atoms with Crippen LogP contribution in [0.2, 0.25) is 5.02 Å². The van der Waals surface area contributed by atoms with Crippen molar-refractivity contribution in [2.75, 3.05) is 0 Å². The van der Waals surface area contributed by atoms with Crippen LogP contribution in [0.4, 0.5) is 0 Å². The van der Waals surface area contributed by atoms with E-state index in [4.69, 9.17) is 11.6 Å². The van der Waals surface area contributed by atoms with Gasteiger partial charge in [-0.15, -0.1) is 0 Å². The highest BCUT2D eigenvalue weighted by molar-refractivity contribution is 7.89. The Morgan fingerprint density at radius 2 is 2.22 bits per heavy atom. The zero-order chi connectivity index (χ0) is 13.2. The summed E-state index contributed by atoms with van der Waals surface area (Å²) in [6.45, 7) is 1.71. The van der Waals surface area contributed by atoms with Gasteiger partial charge in [0.05, 0.1) is 10.9 Å². The summed E-state index contributed by atoms with van der Waals surface area (Å²) in [5.74, 6) is 0.556. The van der Waals surface area contributed by atoms with Crippen LogP contribution in [-0.4, -0.2) is 18.4 Å². The minimum absolute atomic E-state index is 0.133. The summed E-state index contributed by atoms with van der Waals surface area (Å²) in [6, 6.07) is 5.66. The summed E-state index contributed by atoms with van der Waals surface area (Å²) in [5.41, 5.74) is 0. The molecule has 0 aliphatic carbocycles. The van der Waals surface area contributed by atoms with E-state index in [1.165, 1.54) is 12.1 Å². The maximum Gasteiger partial charge on any atom is 0.241 e. The Morgan fingerprint density at radius 3 is 2.83 bits per heavy atom. The van der Waals surface area contributed by atoms with E-state index in [1.54, 1.807) is 31.5 Å². The van der Waals surface area contributed by atoms with E-state index in [0.29, 0.717) is 10.8 Å². The molecule has 18 heavy (non-hydrogen) atoms. The molecule has 1 atom stereocenters. The molecule has 1 aromatic carbocycles. The third-order valence-electron chi connectivity index (χ3n) is 2.37. The Balaban J connectivity index is 2.22. The zero-order valence-corrected chi connectivity index (χ0v) is 11.2. The largest absolute Gasteiger partial charge is 0.347 e. The van der Waals surface area contributed by atoms with Gasteiger partial charge in [0.15, 0.2) is 0 Å². The quantitative estimate of drug-likeness (QED) is 0.903. The van der Waals surface area contributed by atoms with Gasteiger partial charge in [0, 0.05) is 17.4 Å². The van der Waals surface area contributed by atoms with Crippen LogP contribution < -0.4 is 4.72 Å². The first-order valence-electron chi connectivity index (χ1n) is 5.26. The van der Waals surface area contributed by atoms with Gasteiger partial charge in [-0.3, -0.25) is 0 Å². The van der Waals surface area contributed by atoms with Crippen LogP contribution in [0.5, 0.6) is 0 Å². The summed E-state index contributed by atoms with van der Waals surface area (Å²) >= 11 is 5.78. The average Bonchev–Trinajstić information content (AvgIpc) is 2.82. The topological polar surface area (TPSA) is 74.8 Å². The van der Waals surface area contributed by atoms with Gasteiger partial charge in [-0.05, 0) is 25.1 Å². The molecule has 0 bridgehead atoms. The van der Waals surface area contributed by atoms with Crippen molar-refractivity contribution in [3.63, 3.8) is 0 Å². The van der Waals surface area contributed by atoms with Gasteiger partial charge in [0.1, 0.15) is 5.82 Å². The fourth-order valence-corrected chi connectivity index (χ4v) is 3.01. The smallest absolute Gasteiger partial charge is 0.241 e. The van der Waals surface area contributed by atoms with Gasteiger partial charge < -0.3 is 4.98 Å². The molecule has 2 aromatic rings. The second-order valence-electron chi connectivity index (χ2n) is 3.77. The molecule has 0 spiro atoms. The molecule has 0 aliphatic rings. The van der Waals surface area contributed by atoms with E-state index in [9.17, 15) is 8.42 Å². The normalized spacial score (nSPS) is 13.4. The predicted octanol–water partition coefficient (Wildman–Crippen LogP) is 2.10. The number of aromatic amines is 1. The number of aromatic nitrogens is 2. The Morgan fingerprint density at radius 1 is 1.44 bits per heavy atom. The number of nitrogens with one attached hydrogen (secondary N) is 2. The molecule has 0 amide bonds. The van der Waals surface area contributed by atoms with Crippen molar-refractivity contribution < 1.29 is 8.42 Å².